The molecule has 0 unspecified atom stereocenters. The molecule has 0 spiro atoms. The Bertz CT molecular complexity index is 710. The van der Waals surface area contributed by atoms with Gasteiger partial charge in [-0.05, 0) is 41.1 Å². The topological polar surface area (TPSA) is 30.9 Å². The molecule has 0 radical (unpaired) electrons. The second-order valence-corrected chi connectivity index (χ2v) is 5.03. The Morgan fingerprint density at radius 2 is 1.84 bits per heavy atom. The van der Waals surface area contributed by atoms with Crippen LogP contribution >= 0.6 is 0 Å². The summed E-state index contributed by atoms with van der Waals surface area (Å²) in [6, 6.07) is 17.2. The highest BCUT2D eigenvalue weighted by Gasteiger charge is 2.02. The van der Waals surface area contributed by atoms with Crippen molar-refractivity contribution in [3.63, 3.8) is 0 Å². The fourth-order valence-corrected chi connectivity index (χ4v) is 2.48. The maximum atomic E-state index is 5.70. The van der Waals surface area contributed by atoms with E-state index in [2.05, 4.69) is 66.2 Å². The third-order valence-electron chi connectivity index (χ3n) is 3.51. The van der Waals surface area contributed by atoms with Gasteiger partial charge < -0.3 is 10.3 Å². The monoisotopic (exact) mass is 250 g/mol. The normalized spacial score (nSPS) is 11.1. The maximum absolute atomic E-state index is 5.70. The number of fused-ring (bicyclic) bond motifs is 1. The van der Waals surface area contributed by atoms with Crippen molar-refractivity contribution in [2.24, 2.45) is 5.73 Å². The van der Waals surface area contributed by atoms with Crippen molar-refractivity contribution in [1.29, 1.82) is 0 Å². The summed E-state index contributed by atoms with van der Waals surface area (Å²) in [6.07, 6.45) is 2.15. The van der Waals surface area contributed by atoms with Crippen LogP contribution in [0.5, 0.6) is 0 Å². The van der Waals surface area contributed by atoms with Gasteiger partial charge >= 0.3 is 0 Å². The summed E-state index contributed by atoms with van der Waals surface area (Å²) in [5.74, 6) is 0. The molecule has 2 heteroatoms. The van der Waals surface area contributed by atoms with Crippen LogP contribution in [0.4, 0.5) is 0 Å². The fraction of sp³-hybridized carbons (Fsp3) is 0.176. The lowest BCUT2D eigenvalue weighted by Crippen LogP contribution is -2.01. The van der Waals surface area contributed by atoms with E-state index in [1.54, 1.807) is 0 Å². The van der Waals surface area contributed by atoms with E-state index in [0.717, 1.165) is 6.54 Å². The molecule has 0 fully saturated rings. The summed E-state index contributed by atoms with van der Waals surface area (Å²) in [5, 5.41) is 1.29. The van der Waals surface area contributed by atoms with E-state index in [9.17, 15) is 0 Å². The van der Waals surface area contributed by atoms with E-state index in [4.69, 9.17) is 5.73 Å². The summed E-state index contributed by atoms with van der Waals surface area (Å²) in [5.41, 5.74) is 10.8. The van der Waals surface area contributed by atoms with Crippen LogP contribution in [0.25, 0.3) is 10.9 Å². The van der Waals surface area contributed by atoms with Crippen molar-refractivity contribution in [1.82, 2.24) is 4.57 Å². The van der Waals surface area contributed by atoms with Gasteiger partial charge in [0.05, 0.1) is 0 Å². The minimum Gasteiger partial charge on any atom is -0.343 e. The third kappa shape index (κ3) is 2.40. The Kier molecular flexibility index (Phi) is 3.10. The molecule has 0 amide bonds. The highest BCUT2D eigenvalue weighted by Crippen LogP contribution is 2.19. The van der Waals surface area contributed by atoms with Crippen molar-refractivity contribution >= 4 is 10.9 Å². The molecule has 0 aliphatic carbocycles. The lowest BCUT2D eigenvalue weighted by Gasteiger charge is -2.07. The van der Waals surface area contributed by atoms with Gasteiger partial charge in [0.15, 0.2) is 0 Å². The van der Waals surface area contributed by atoms with Gasteiger partial charge in [0.2, 0.25) is 0 Å². The number of nitrogens with two attached hydrogens (primary N) is 1. The van der Waals surface area contributed by atoms with Crippen LogP contribution in [-0.4, -0.2) is 4.57 Å². The number of nitrogens with zero attached hydrogens (tertiary/aromatic N) is 1. The van der Waals surface area contributed by atoms with Crippen LogP contribution in [0.2, 0.25) is 0 Å². The molecule has 2 nitrogen and oxygen atoms in total. The molecule has 0 aliphatic heterocycles. The first-order valence-corrected chi connectivity index (χ1v) is 6.59. The van der Waals surface area contributed by atoms with Gasteiger partial charge in [-0.3, -0.25) is 0 Å². The van der Waals surface area contributed by atoms with Crippen molar-refractivity contribution < 1.29 is 0 Å². The van der Waals surface area contributed by atoms with Crippen molar-refractivity contribution in [3.8, 4) is 0 Å². The Morgan fingerprint density at radius 3 is 2.68 bits per heavy atom. The van der Waals surface area contributed by atoms with Gasteiger partial charge in [-0.15, -0.1) is 0 Å². The van der Waals surface area contributed by atoms with Crippen LogP contribution in [0.1, 0.15) is 16.7 Å². The van der Waals surface area contributed by atoms with Gasteiger partial charge in [-0.2, -0.15) is 0 Å². The summed E-state index contributed by atoms with van der Waals surface area (Å²) >= 11 is 0. The molecule has 0 atom stereocenters. The van der Waals surface area contributed by atoms with Gasteiger partial charge in [-0.1, -0.05) is 36.4 Å². The molecular formula is C17H18N2. The van der Waals surface area contributed by atoms with E-state index in [1.807, 2.05) is 0 Å². The first-order valence-electron chi connectivity index (χ1n) is 6.59. The summed E-state index contributed by atoms with van der Waals surface area (Å²) in [7, 11) is 0. The van der Waals surface area contributed by atoms with Crippen LogP contribution in [0.3, 0.4) is 0 Å². The highest BCUT2D eigenvalue weighted by molar-refractivity contribution is 5.80. The molecule has 19 heavy (non-hydrogen) atoms. The summed E-state index contributed by atoms with van der Waals surface area (Å²) in [6.45, 7) is 3.62. The van der Waals surface area contributed by atoms with Gasteiger partial charge in [0.25, 0.3) is 0 Å². The first kappa shape index (κ1) is 12.0. The van der Waals surface area contributed by atoms with E-state index in [-0.39, 0.29) is 0 Å². The predicted molar refractivity (Wildman–Crippen MR) is 80.1 cm³/mol. The average molecular weight is 250 g/mol. The van der Waals surface area contributed by atoms with Gasteiger partial charge in [0.1, 0.15) is 0 Å². The molecule has 0 aliphatic rings. The van der Waals surface area contributed by atoms with Crippen molar-refractivity contribution in [3.05, 3.63) is 71.4 Å². The number of benzene rings is 2. The van der Waals surface area contributed by atoms with Crippen LogP contribution in [0, 0.1) is 6.92 Å². The minimum atomic E-state index is 0.597. The first-order chi connectivity index (χ1) is 9.26. The van der Waals surface area contributed by atoms with Crippen LogP contribution < -0.4 is 5.73 Å². The largest absolute Gasteiger partial charge is 0.343 e. The van der Waals surface area contributed by atoms with Crippen LogP contribution in [0.15, 0.2) is 54.7 Å². The number of hydrogen-bond donors (Lipinski definition) is 1. The van der Waals surface area contributed by atoms with E-state index < -0.39 is 0 Å². The maximum Gasteiger partial charge on any atom is 0.0486 e. The smallest absolute Gasteiger partial charge is 0.0486 e. The average Bonchev–Trinajstić information content (AvgIpc) is 2.81. The second-order valence-electron chi connectivity index (χ2n) is 5.03. The molecule has 0 bridgehead atoms. The van der Waals surface area contributed by atoms with Crippen molar-refractivity contribution in [2.75, 3.05) is 0 Å². The van der Waals surface area contributed by atoms with Gasteiger partial charge in [-0.25, -0.2) is 0 Å². The van der Waals surface area contributed by atoms with E-state index >= 15 is 0 Å². The second kappa shape index (κ2) is 4.90. The molecule has 3 aromatic rings. The summed E-state index contributed by atoms with van der Waals surface area (Å²) in [4.78, 5) is 0. The van der Waals surface area contributed by atoms with Crippen molar-refractivity contribution in [2.45, 2.75) is 20.0 Å². The third-order valence-corrected chi connectivity index (χ3v) is 3.51. The molecule has 0 saturated heterocycles. The number of rotatable bonds is 3. The lowest BCUT2D eigenvalue weighted by atomic mass is 10.1. The predicted octanol–water partition coefficient (Wildman–Crippen LogP) is 3.46. The molecule has 2 N–H and O–H groups in total. The molecular weight excluding hydrogens is 232 g/mol. The Hall–Kier alpha value is -2.06. The molecule has 1 heterocycles. The van der Waals surface area contributed by atoms with E-state index in [1.165, 1.54) is 27.6 Å². The highest BCUT2D eigenvalue weighted by atomic mass is 14.9. The molecule has 2 aromatic carbocycles. The number of aryl methyl sites for hydroxylation is 1. The zero-order valence-corrected chi connectivity index (χ0v) is 11.1. The van der Waals surface area contributed by atoms with Crippen LogP contribution in [-0.2, 0) is 13.1 Å². The zero-order valence-electron chi connectivity index (χ0n) is 11.1. The summed E-state index contributed by atoms with van der Waals surface area (Å²) < 4.78 is 2.29. The van der Waals surface area contributed by atoms with E-state index in [0.29, 0.717) is 6.54 Å². The molecule has 1 aromatic heterocycles. The lowest BCUT2D eigenvalue weighted by molar-refractivity contribution is 0.833. The quantitative estimate of drug-likeness (QED) is 0.758. The zero-order chi connectivity index (χ0) is 13.2. The fourth-order valence-electron chi connectivity index (χ4n) is 2.48. The standard InChI is InChI=1S/C17H18N2/c1-13-5-6-16-7-8-19(17(16)9-13)12-15-4-2-3-14(10-15)11-18/h2-10H,11-12,18H2,1H3. The minimum absolute atomic E-state index is 0.597. The molecule has 0 saturated carbocycles. The van der Waals surface area contributed by atoms with Gasteiger partial charge in [0, 0.05) is 24.8 Å². The molecule has 3 rings (SSSR count). The Morgan fingerprint density at radius 1 is 1.00 bits per heavy atom. The Labute approximate surface area is 113 Å². The number of hydrogen-bond acceptors (Lipinski definition) is 1. The molecule has 96 valence electrons. The Balaban J connectivity index is 1.98. The number of aromatic nitrogens is 1. The SMILES string of the molecule is Cc1ccc2ccn(Cc3cccc(CN)c3)c2c1.